The first-order valence-corrected chi connectivity index (χ1v) is 6.68. The molecule has 1 rings (SSSR count). The molecule has 0 radical (unpaired) electrons. The van der Waals surface area contributed by atoms with E-state index in [9.17, 15) is 0 Å². The maximum atomic E-state index is 8.56. The molecule has 0 bridgehead atoms. The van der Waals surface area contributed by atoms with E-state index >= 15 is 0 Å². The van der Waals surface area contributed by atoms with Gasteiger partial charge in [0.2, 0.25) is 0 Å². The van der Waals surface area contributed by atoms with E-state index in [0.717, 1.165) is 22.1 Å². The summed E-state index contributed by atoms with van der Waals surface area (Å²) >= 11 is 5.82. The molecule has 13 heavy (non-hydrogen) atoms. The Morgan fingerprint density at radius 1 is 1.38 bits per heavy atom. The van der Waals surface area contributed by atoms with E-state index in [1.54, 1.807) is 21.6 Å². The van der Waals surface area contributed by atoms with Crippen molar-refractivity contribution in [2.24, 2.45) is 0 Å². The quantitative estimate of drug-likeness (QED) is 0.623. The van der Waals surface area contributed by atoms with E-state index in [1.165, 1.54) is 0 Å². The summed E-state index contributed by atoms with van der Waals surface area (Å²) in [6.07, 6.45) is 0.845. The lowest BCUT2D eigenvalue weighted by Gasteiger charge is -1.99. The molecule has 0 saturated carbocycles. The molecule has 0 saturated heterocycles. The highest BCUT2D eigenvalue weighted by molar-refractivity contribution is 8.76. The Hall–Kier alpha value is 0.170. The zero-order chi connectivity index (χ0) is 9.52. The average molecular weight is 235 g/mol. The number of rotatable bonds is 5. The molecule has 0 aliphatic carbocycles. The van der Waals surface area contributed by atoms with Crippen molar-refractivity contribution >= 4 is 33.2 Å². The molecule has 0 fully saturated rings. The molecule has 0 aliphatic rings. The van der Waals surface area contributed by atoms with Crippen LogP contribution in [0.4, 0.5) is 0 Å². The second-order valence-electron chi connectivity index (χ2n) is 2.44. The van der Waals surface area contributed by atoms with Crippen LogP contribution in [-0.4, -0.2) is 17.5 Å². The minimum absolute atomic E-state index is 0.267. The third kappa shape index (κ3) is 4.81. The fourth-order valence-corrected chi connectivity index (χ4v) is 3.11. The van der Waals surface area contributed by atoms with Crippen LogP contribution in [0.3, 0.4) is 0 Å². The fraction of sp³-hybridized carbons (Fsp3) is 0.333. The van der Waals surface area contributed by atoms with E-state index in [4.69, 9.17) is 16.7 Å². The van der Waals surface area contributed by atoms with Crippen molar-refractivity contribution in [1.29, 1.82) is 0 Å². The second kappa shape index (κ2) is 6.60. The lowest BCUT2D eigenvalue weighted by molar-refractivity contribution is 0.296. The highest BCUT2D eigenvalue weighted by Gasteiger charge is 1.95. The molecular weight excluding hydrogens is 224 g/mol. The van der Waals surface area contributed by atoms with Gasteiger partial charge in [0.25, 0.3) is 0 Å². The van der Waals surface area contributed by atoms with Crippen molar-refractivity contribution in [1.82, 2.24) is 0 Å². The molecule has 0 heterocycles. The number of halogens is 1. The molecule has 1 N–H and O–H groups in total. The van der Waals surface area contributed by atoms with Gasteiger partial charge in [-0.1, -0.05) is 39.3 Å². The van der Waals surface area contributed by atoms with Crippen LogP contribution in [0.2, 0.25) is 5.02 Å². The van der Waals surface area contributed by atoms with Gasteiger partial charge in [0.15, 0.2) is 0 Å². The Balaban J connectivity index is 2.28. The van der Waals surface area contributed by atoms with Gasteiger partial charge in [-0.3, -0.25) is 0 Å². The molecule has 0 spiro atoms. The van der Waals surface area contributed by atoms with Crippen molar-refractivity contribution in [3.8, 4) is 0 Å². The van der Waals surface area contributed by atoms with Crippen LogP contribution in [0.5, 0.6) is 0 Å². The van der Waals surface area contributed by atoms with Gasteiger partial charge in [-0.05, 0) is 24.6 Å². The van der Waals surface area contributed by atoms with Crippen molar-refractivity contribution in [3.05, 3.63) is 29.3 Å². The molecular formula is C9H11ClOS2. The van der Waals surface area contributed by atoms with E-state index in [2.05, 4.69) is 0 Å². The van der Waals surface area contributed by atoms with Gasteiger partial charge >= 0.3 is 0 Å². The van der Waals surface area contributed by atoms with E-state index in [1.807, 2.05) is 24.3 Å². The molecule has 0 atom stereocenters. The smallest absolute Gasteiger partial charge is 0.0439 e. The normalized spacial score (nSPS) is 10.3. The number of aliphatic hydroxyl groups is 1. The fourth-order valence-electron chi connectivity index (χ4n) is 0.752. The maximum absolute atomic E-state index is 8.56. The average Bonchev–Trinajstić information content (AvgIpc) is 2.13. The molecule has 4 heteroatoms. The van der Waals surface area contributed by atoms with Crippen LogP contribution in [0.15, 0.2) is 29.2 Å². The highest BCUT2D eigenvalue weighted by Crippen LogP contribution is 2.32. The minimum atomic E-state index is 0.267. The number of hydrogen-bond donors (Lipinski definition) is 1. The monoisotopic (exact) mass is 234 g/mol. The maximum Gasteiger partial charge on any atom is 0.0439 e. The van der Waals surface area contributed by atoms with Crippen molar-refractivity contribution in [3.63, 3.8) is 0 Å². The van der Waals surface area contributed by atoms with E-state index < -0.39 is 0 Å². The predicted molar refractivity (Wildman–Crippen MR) is 61.5 cm³/mol. The van der Waals surface area contributed by atoms with Gasteiger partial charge in [-0.15, -0.1) is 0 Å². The van der Waals surface area contributed by atoms with Crippen LogP contribution in [-0.2, 0) is 0 Å². The van der Waals surface area contributed by atoms with Gasteiger partial charge in [-0.2, -0.15) is 0 Å². The Labute approximate surface area is 91.3 Å². The molecule has 1 nitrogen and oxygen atoms in total. The molecule has 1 aromatic rings. The Morgan fingerprint density at radius 3 is 2.92 bits per heavy atom. The zero-order valence-electron chi connectivity index (χ0n) is 7.07. The van der Waals surface area contributed by atoms with E-state index in [-0.39, 0.29) is 6.61 Å². The first-order valence-electron chi connectivity index (χ1n) is 3.99. The molecule has 1 aromatic carbocycles. The standard InChI is InChI=1S/C9H11ClOS2/c10-8-3-1-4-9(7-8)13-12-6-2-5-11/h1,3-4,7,11H,2,5-6H2. The molecule has 0 aromatic heterocycles. The summed E-state index contributed by atoms with van der Waals surface area (Å²) < 4.78 is 0. The topological polar surface area (TPSA) is 20.2 Å². The lowest BCUT2D eigenvalue weighted by atomic mass is 10.4. The summed E-state index contributed by atoms with van der Waals surface area (Å²) in [5, 5.41) is 9.33. The third-order valence-electron chi connectivity index (χ3n) is 1.34. The Kier molecular flexibility index (Phi) is 5.71. The van der Waals surface area contributed by atoms with Crippen molar-refractivity contribution < 1.29 is 5.11 Å². The van der Waals surface area contributed by atoms with Crippen LogP contribution in [0.1, 0.15) is 6.42 Å². The van der Waals surface area contributed by atoms with Crippen LogP contribution in [0.25, 0.3) is 0 Å². The van der Waals surface area contributed by atoms with Gasteiger partial charge in [0, 0.05) is 22.3 Å². The van der Waals surface area contributed by atoms with Gasteiger partial charge in [0.1, 0.15) is 0 Å². The van der Waals surface area contributed by atoms with Crippen molar-refractivity contribution in [2.75, 3.05) is 12.4 Å². The summed E-state index contributed by atoms with van der Waals surface area (Å²) in [5.74, 6) is 0.966. The Bertz CT molecular complexity index is 255. The van der Waals surface area contributed by atoms with Gasteiger partial charge in [-0.25, -0.2) is 0 Å². The third-order valence-corrected chi connectivity index (χ3v) is 4.02. The summed E-state index contributed by atoms with van der Waals surface area (Å²) in [7, 11) is 3.43. The molecule has 72 valence electrons. The summed E-state index contributed by atoms with van der Waals surface area (Å²) in [5.41, 5.74) is 0. The summed E-state index contributed by atoms with van der Waals surface area (Å²) in [4.78, 5) is 1.16. The zero-order valence-corrected chi connectivity index (χ0v) is 9.46. The summed E-state index contributed by atoms with van der Waals surface area (Å²) in [6.45, 7) is 0.267. The molecule has 0 amide bonds. The van der Waals surface area contributed by atoms with Gasteiger partial charge in [0.05, 0.1) is 0 Å². The van der Waals surface area contributed by atoms with Crippen molar-refractivity contribution in [2.45, 2.75) is 11.3 Å². The molecule has 0 aliphatic heterocycles. The first-order chi connectivity index (χ1) is 6.33. The highest BCUT2D eigenvalue weighted by atomic mass is 35.5. The first kappa shape index (κ1) is 11.2. The van der Waals surface area contributed by atoms with E-state index in [0.29, 0.717) is 0 Å². The largest absolute Gasteiger partial charge is 0.396 e. The predicted octanol–water partition coefficient (Wildman–Crippen LogP) is 3.46. The van der Waals surface area contributed by atoms with Crippen LogP contribution >= 0.6 is 33.2 Å². The van der Waals surface area contributed by atoms with Gasteiger partial charge < -0.3 is 5.11 Å². The molecule has 0 unspecified atom stereocenters. The minimum Gasteiger partial charge on any atom is -0.396 e. The number of benzene rings is 1. The summed E-state index contributed by atoms with van der Waals surface area (Å²) in [6, 6.07) is 7.78. The van der Waals surface area contributed by atoms with Crippen LogP contribution in [0, 0.1) is 0 Å². The lowest BCUT2D eigenvalue weighted by Crippen LogP contribution is -1.82. The Morgan fingerprint density at radius 2 is 2.23 bits per heavy atom. The van der Waals surface area contributed by atoms with Crippen LogP contribution < -0.4 is 0 Å². The SMILES string of the molecule is OCCCSSc1cccc(Cl)c1. The number of hydrogen-bond acceptors (Lipinski definition) is 3. The second-order valence-corrected chi connectivity index (χ2v) is 5.37. The number of aliphatic hydroxyl groups excluding tert-OH is 1.